The van der Waals surface area contributed by atoms with Gasteiger partial charge in [-0.2, -0.15) is 13.2 Å². The number of alkyl halides is 3. The van der Waals surface area contributed by atoms with Crippen molar-refractivity contribution in [1.82, 2.24) is 0 Å². The van der Waals surface area contributed by atoms with Crippen LogP contribution in [0.5, 0.6) is 0 Å². The topological polar surface area (TPSA) is 105 Å². The summed E-state index contributed by atoms with van der Waals surface area (Å²) in [6, 6.07) is 4.90. The number of halogens is 3. The summed E-state index contributed by atoms with van der Waals surface area (Å²) in [6.45, 7) is 0. The Kier molecular flexibility index (Phi) is 4.87. The highest BCUT2D eigenvalue weighted by molar-refractivity contribution is 7.79. The van der Waals surface area contributed by atoms with Crippen LogP contribution in [0.1, 0.15) is 5.56 Å². The van der Waals surface area contributed by atoms with Crippen LogP contribution in [0.3, 0.4) is 0 Å². The Bertz CT molecular complexity index is 435. The van der Waals surface area contributed by atoms with E-state index in [0.29, 0.717) is 5.69 Å². The molecule has 0 radical (unpaired) electrons. The van der Waals surface area contributed by atoms with Crippen LogP contribution in [0.2, 0.25) is 0 Å². The molecule has 0 saturated carbocycles. The fourth-order valence-corrected chi connectivity index (χ4v) is 0.748. The van der Waals surface area contributed by atoms with Gasteiger partial charge in [-0.05, 0) is 12.1 Å². The van der Waals surface area contributed by atoms with Crippen molar-refractivity contribution in [1.29, 1.82) is 0 Å². The van der Waals surface area contributed by atoms with Crippen molar-refractivity contribution in [2.24, 2.45) is 0 Å². The summed E-state index contributed by atoms with van der Waals surface area (Å²) in [6.07, 6.45) is -4.26. The third-order valence-electron chi connectivity index (χ3n) is 1.25. The molecular formula is C7H8F3NO4S. The third kappa shape index (κ3) is 8.17. The van der Waals surface area contributed by atoms with Gasteiger partial charge >= 0.3 is 6.18 Å². The molecule has 5 nitrogen and oxygen atoms in total. The van der Waals surface area contributed by atoms with Crippen LogP contribution in [0, 0.1) is 0 Å². The maximum Gasteiger partial charge on any atom is 0.416 e. The fourth-order valence-electron chi connectivity index (χ4n) is 0.748. The summed E-state index contributed by atoms with van der Waals surface area (Å²) in [5, 5.41) is 0. The average molecular weight is 259 g/mol. The van der Waals surface area contributed by atoms with Crippen molar-refractivity contribution in [3.05, 3.63) is 29.8 Å². The van der Waals surface area contributed by atoms with E-state index in [1.165, 1.54) is 12.1 Å². The first-order valence-corrected chi connectivity index (χ1v) is 5.04. The van der Waals surface area contributed by atoms with Crippen LogP contribution in [-0.2, 0) is 16.6 Å². The minimum absolute atomic E-state index is 0.375. The molecule has 92 valence electrons. The van der Waals surface area contributed by atoms with Crippen molar-refractivity contribution in [2.45, 2.75) is 6.18 Å². The van der Waals surface area contributed by atoms with Gasteiger partial charge in [0.25, 0.3) is 0 Å². The quantitative estimate of drug-likeness (QED) is 0.525. The molecule has 9 heteroatoms. The van der Waals surface area contributed by atoms with Gasteiger partial charge in [0, 0.05) is 6.07 Å². The lowest BCUT2D eigenvalue weighted by Crippen LogP contribution is -2.40. The Hall–Kier alpha value is -1.16. The number of hydrogen-bond donors (Lipinski definition) is 2. The summed E-state index contributed by atoms with van der Waals surface area (Å²) in [4.78, 5) is 0. The van der Waals surface area contributed by atoms with E-state index in [1.54, 1.807) is 0 Å². The standard InChI is InChI=1S/C7H6F3N.H2O4S/c8-7(9,10)5-2-1-3-6(11)4-5;1-5(2,3)4/h1-4H,11H2;(H2,1,2,3,4). The van der Waals surface area contributed by atoms with Crippen LogP contribution >= 0.6 is 0 Å². The lowest BCUT2D eigenvalue weighted by molar-refractivity contribution is -0.255. The minimum atomic E-state index is -4.92. The predicted octanol–water partition coefficient (Wildman–Crippen LogP) is 0.583. The summed E-state index contributed by atoms with van der Waals surface area (Å²) in [5.41, 5.74) is 3.12. The van der Waals surface area contributed by atoms with Gasteiger partial charge in [0.05, 0.1) is 5.56 Å². The van der Waals surface area contributed by atoms with Gasteiger partial charge in [-0.3, -0.25) is 4.55 Å². The highest BCUT2D eigenvalue weighted by atomic mass is 32.3. The van der Waals surface area contributed by atoms with Gasteiger partial charge in [-0.25, -0.2) is 8.42 Å². The van der Waals surface area contributed by atoms with E-state index in [9.17, 15) is 13.2 Å². The second-order valence-electron chi connectivity index (χ2n) is 2.63. The summed E-state index contributed by atoms with van der Waals surface area (Å²) < 4.78 is 68.7. The molecule has 0 aliphatic carbocycles. The molecule has 4 N–H and O–H groups in total. The van der Waals surface area contributed by atoms with Crippen molar-refractivity contribution in [3.8, 4) is 0 Å². The van der Waals surface area contributed by atoms with E-state index in [1.807, 2.05) is 0 Å². The SMILES string of the molecule is O=S(=O)([O-])O.[NH3+]c1cccc(C(F)(F)F)c1. The van der Waals surface area contributed by atoms with Crippen LogP contribution < -0.4 is 5.73 Å². The molecule has 0 aliphatic heterocycles. The largest absolute Gasteiger partial charge is 0.726 e. The minimum Gasteiger partial charge on any atom is -0.726 e. The van der Waals surface area contributed by atoms with Gasteiger partial charge in [-0.15, -0.1) is 0 Å². The lowest BCUT2D eigenvalue weighted by atomic mass is 10.2. The molecule has 0 bridgehead atoms. The summed E-state index contributed by atoms with van der Waals surface area (Å²) in [7, 11) is -4.92. The molecule has 0 atom stereocenters. The summed E-state index contributed by atoms with van der Waals surface area (Å²) >= 11 is 0. The molecule has 1 aromatic carbocycles. The first-order chi connectivity index (χ1) is 7.00. The Balaban J connectivity index is 0.000000385. The Labute approximate surface area is 89.3 Å². The smallest absolute Gasteiger partial charge is 0.416 e. The van der Waals surface area contributed by atoms with E-state index < -0.39 is 22.1 Å². The van der Waals surface area contributed by atoms with E-state index in [4.69, 9.17) is 17.5 Å². The van der Waals surface area contributed by atoms with E-state index >= 15 is 0 Å². The molecule has 0 unspecified atom stereocenters. The van der Waals surface area contributed by atoms with Crippen molar-refractivity contribution in [2.75, 3.05) is 0 Å². The zero-order valence-corrected chi connectivity index (χ0v) is 8.55. The van der Waals surface area contributed by atoms with Gasteiger partial charge in [0.15, 0.2) is 0 Å². The van der Waals surface area contributed by atoms with E-state index in [-0.39, 0.29) is 0 Å². The number of rotatable bonds is 0. The Morgan fingerprint density at radius 1 is 1.31 bits per heavy atom. The van der Waals surface area contributed by atoms with Crippen LogP contribution in [0.4, 0.5) is 18.9 Å². The van der Waals surface area contributed by atoms with Crippen molar-refractivity contribution in [3.63, 3.8) is 0 Å². The van der Waals surface area contributed by atoms with Crippen LogP contribution in [0.25, 0.3) is 0 Å². The second-order valence-corrected chi connectivity index (χ2v) is 3.48. The maximum atomic E-state index is 11.9. The number of benzene rings is 1. The van der Waals surface area contributed by atoms with Crippen LogP contribution in [0.15, 0.2) is 24.3 Å². The molecule has 0 heterocycles. The molecule has 1 aromatic rings. The first-order valence-electron chi connectivity index (χ1n) is 3.67. The predicted molar refractivity (Wildman–Crippen MR) is 46.3 cm³/mol. The lowest BCUT2D eigenvalue weighted by Gasteiger charge is -2.04. The van der Waals surface area contributed by atoms with Crippen LogP contribution in [-0.4, -0.2) is 17.5 Å². The van der Waals surface area contributed by atoms with E-state index in [0.717, 1.165) is 12.1 Å². The highest BCUT2D eigenvalue weighted by Gasteiger charge is 2.30. The Morgan fingerprint density at radius 3 is 2.00 bits per heavy atom. The molecule has 0 spiro atoms. The summed E-state index contributed by atoms with van der Waals surface area (Å²) in [5.74, 6) is 0. The molecule has 0 amide bonds. The number of quaternary nitrogens is 1. The highest BCUT2D eigenvalue weighted by Crippen LogP contribution is 2.29. The third-order valence-corrected chi connectivity index (χ3v) is 1.25. The zero-order chi connectivity index (χ0) is 13.0. The van der Waals surface area contributed by atoms with Crippen molar-refractivity contribution < 1.29 is 36.4 Å². The monoisotopic (exact) mass is 259 g/mol. The molecule has 0 aliphatic rings. The van der Waals surface area contributed by atoms with Gasteiger partial charge in [0.1, 0.15) is 5.69 Å². The number of hydrogen-bond acceptors (Lipinski definition) is 3. The Morgan fingerprint density at radius 2 is 1.75 bits per heavy atom. The van der Waals surface area contributed by atoms with Gasteiger partial charge < -0.3 is 10.3 Å². The molecule has 0 saturated heterocycles. The molecule has 0 fully saturated rings. The average Bonchev–Trinajstić information content (AvgIpc) is 1.99. The van der Waals surface area contributed by atoms with E-state index in [2.05, 4.69) is 5.73 Å². The van der Waals surface area contributed by atoms with Gasteiger partial charge in [-0.1, -0.05) is 6.07 Å². The van der Waals surface area contributed by atoms with Gasteiger partial charge in [0.2, 0.25) is 10.4 Å². The normalized spacial score (nSPS) is 11.6. The zero-order valence-electron chi connectivity index (χ0n) is 7.73. The van der Waals surface area contributed by atoms with Crippen molar-refractivity contribution >= 4 is 16.1 Å². The first kappa shape index (κ1) is 14.8. The molecule has 16 heavy (non-hydrogen) atoms. The second kappa shape index (κ2) is 5.25. The fraction of sp³-hybridized carbons (Fsp3) is 0.143. The molecule has 1 rings (SSSR count). The maximum absolute atomic E-state index is 11.9. The molecular weight excluding hydrogens is 251 g/mol. The molecule has 0 aromatic heterocycles.